The van der Waals surface area contributed by atoms with Crippen molar-refractivity contribution in [1.82, 2.24) is 4.98 Å². The summed E-state index contributed by atoms with van der Waals surface area (Å²) >= 11 is 5.91. The number of benzene rings is 2. The van der Waals surface area contributed by atoms with Crippen LogP contribution in [0.5, 0.6) is 11.5 Å². The predicted molar refractivity (Wildman–Crippen MR) is 124 cm³/mol. The van der Waals surface area contributed by atoms with E-state index in [0.29, 0.717) is 29.0 Å². The molecule has 0 bridgehead atoms. The highest BCUT2D eigenvalue weighted by molar-refractivity contribution is 6.30. The summed E-state index contributed by atoms with van der Waals surface area (Å²) in [5.74, 6) is 2.34. The average Bonchev–Trinajstić information content (AvgIpc) is 2.79. The molecule has 1 N–H and O–H groups in total. The minimum Gasteiger partial charge on any atom is -0.493 e. The number of aromatic nitrogens is 1. The van der Waals surface area contributed by atoms with E-state index in [1.165, 1.54) is 5.56 Å². The highest BCUT2D eigenvalue weighted by atomic mass is 35.5. The van der Waals surface area contributed by atoms with Crippen molar-refractivity contribution >= 4 is 34.1 Å². The Bertz CT molecular complexity index is 1060. The number of halogens is 1. The molecule has 3 aromatic rings. The Morgan fingerprint density at radius 3 is 2.39 bits per heavy atom. The number of pyridine rings is 1. The lowest BCUT2D eigenvalue weighted by molar-refractivity contribution is -0.117. The maximum Gasteiger partial charge on any atom is 0.224 e. The summed E-state index contributed by atoms with van der Waals surface area (Å²) in [6, 6.07) is 13.3. The van der Waals surface area contributed by atoms with Gasteiger partial charge in [-0.1, -0.05) is 11.6 Å². The molecule has 1 fully saturated rings. The summed E-state index contributed by atoms with van der Waals surface area (Å²) in [6.07, 6.45) is 6.62. The van der Waals surface area contributed by atoms with Crippen LogP contribution in [0.25, 0.3) is 10.9 Å². The number of amides is 1. The van der Waals surface area contributed by atoms with Crippen molar-refractivity contribution in [3.05, 3.63) is 59.2 Å². The summed E-state index contributed by atoms with van der Waals surface area (Å²) in [5.41, 5.74) is 3.00. The Morgan fingerprint density at radius 2 is 1.71 bits per heavy atom. The molecular weight excluding hydrogens is 412 g/mol. The van der Waals surface area contributed by atoms with Crippen LogP contribution in [0.4, 0.5) is 5.69 Å². The molecule has 6 heteroatoms. The van der Waals surface area contributed by atoms with E-state index in [4.69, 9.17) is 21.1 Å². The van der Waals surface area contributed by atoms with Gasteiger partial charge in [-0.25, -0.2) is 0 Å². The molecule has 5 nitrogen and oxygen atoms in total. The summed E-state index contributed by atoms with van der Waals surface area (Å²) < 4.78 is 10.9. The summed E-state index contributed by atoms with van der Waals surface area (Å²) in [4.78, 5) is 17.0. The number of carbonyl (C=O) groups is 1. The first-order valence-corrected chi connectivity index (χ1v) is 11.0. The molecule has 4 rings (SSSR count). The minimum absolute atomic E-state index is 0.0666. The molecule has 0 aliphatic heterocycles. The standard InChI is InChI=1S/C25H27ClN2O3/c1-30-23-14-21-20(11-12-27-22(21)15-24(23)31-2)17-5-3-16(4-6-17)13-25(29)28-19-9-7-18(26)8-10-19/h7-12,14-17H,3-6,13H2,1-2H3,(H,28,29). The zero-order valence-corrected chi connectivity index (χ0v) is 18.6. The van der Waals surface area contributed by atoms with Crippen LogP contribution in [-0.4, -0.2) is 25.1 Å². The number of carbonyl (C=O) groups excluding carboxylic acids is 1. The van der Waals surface area contributed by atoms with E-state index < -0.39 is 0 Å². The van der Waals surface area contributed by atoms with Crippen molar-refractivity contribution in [3.8, 4) is 11.5 Å². The third-order valence-electron chi connectivity index (χ3n) is 6.17. The average molecular weight is 439 g/mol. The molecule has 0 unspecified atom stereocenters. The molecule has 0 spiro atoms. The largest absolute Gasteiger partial charge is 0.493 e. The first-order valence-electron chi connectivity index (χ1n) is 10.6. The van der Waals surface area contributed by atoms with Gasteiger partial charge in [-0.3, -0.25) is 9.78 Å². The molecule has 1 saturated carbocycles. The van der Waals surface area contributed by atoms with Crippen molar-refractivity contribution in [2.75, 3.05) is 19.5 Å². The lowest BCUT2D eigenvalue weighted by Crippen LogP contribution is -2.20. The molecule has 2 aromatic carbocycles. The molecule has 0 atom stereocenters. The zero-order chi connectivity index (χ0) is 21.8. The number of nitrogens with zero attached hydrogens (tertiary/aromatic N) is 1. The minimum atomic E-state index is 0.0666. The van der Waals surface area contributed by atoms with Crippen LogP contribution in [0.1, 0.15) is 43.6 Å². The van der Waals surface area contributed by atoms with E-state index in [1.807, 2.05) is 30.5 Å². The maximum atomic E-state index is 12.4. The highest BCUT2D eigenvalue weighted by Gasteiger charge is 2.26. The second kappa shape index (κ2) is 9.56. The van der Waals surface area contributed by atoms with Crippen molar-refractivity contribution in [1.29, 1.82) is 0 Å². The van der Waals surface area contributed by atoms with Crippen molar-refractivity contribution in [2.45, 2.75) is 38.0 Å². The number of anilines is 1. The van der Waals surface area contributed by atoms with Gasteiger partial charge in [-0.05, 0) is 79.5 Å². The Kier molecular flexibility index (Phi) is 6.62. The SMILES string of the molecule is COc1cc2nccc(C3CCC(CC(=O)Nc4ccc(Cl)cc4)CC3)c2cc1OC. The topological polar surface area (TPSA) is 60.5 Å². The molecule has 0 saturated heterocycles. The quantitative estimate of drug-likeness (QED) is 0.497. The third kappa shape index (κ3) is 4.93. The molecule has 162 valence electrons. The van der Waals surface area contributed by atoms with Gasteiger partial charge < -0.3 is 14.8 Å². The molecule has 31 heavy (non-hydrogen) atoms. The van der Waals surface area contributed by atoms with E-state index in [9.17, 15) is 4.79 Å². The van der Waals surface area contributed by atoms with Crippen LogP contribution >= 0.6 is 11.6 Å². The van der Waals surface area contributed by atoms with Gasteiger partial charge >= 0.3 is 0 Å². The van der Waals surface area contributed by atoms with Crippen LogP contribution in [0.3, 0.4) is 0 Å². The summed E-state index contributed by atoms with van der Waals surface area (Å²) in [6.45, 7) is 0. The molecule has 1 amide bonds. The number of methoxy groups -OCH3 is 2. The van der Waals surface area contributed by atoms with Crippen LogP contribution in [0.2, 0.25) is 5.02 Å². The van der Waals surface area contributed by atoms with Crippen molar-refractivity contribution in [3.63, 3.8) is 0 Å². The number of ether oxygens (including phenoxy) is 2. The van der Waals surface area contributed by atoms with Gasteiger partial charge in [0.05, 0.1) is 19.7 Å². The first kappa shape index (κ1) is 21.4. The van der Waals surface area contributed by atoms with Gasteiger partial charge in [0.15, 0.2) is 11.5 Å². The number of hydrogen-bond donors (Lipinski definition) is 1. The normalized spacial score (nSPS) is 18.5. The van der Waals surface area contributed by atoms with Gasteiger partial charge in [0, 0.05) is 34.8 Å². The summed E-state index contributed by atoms with van der Waals surface area (Å²) in [7, 11) is 3.29. The maximum absolute atomic E-state index is 12.4. The lowest BCUT2D eigenvalue weighted by atomic mass is 9.77. The highest BCUT2D eigenvalue weighted by Crippen LogP contribution is 2.41. The monoisotopic (exact) mass is 438 g/mol. The molecule has 1 heterocycles. The van der Waals surface area contributed by atoms with Gasteiger partial charge in [-0.15, -0.1) is 0 Å². The van der Waals surface area contributed by atoms with Crippen molar-refractivity contribution < 1.29 is 14.3 Å². The number of hydrogen-bond acceptors (Lipinski definition) is 4. The molecule has 0 radical (unpaired) electrons. The second-order valence-electron chi connectivity index (χ2n) is 8.10. The number of nitrogens with one attached hydrogen (secondary N) is 1. The lowest BCUT2D eigenvalue weighted by Gasteiger charge is -2.29. The predicted octanol–water partition coefficient (Wildman–Crippen LogP) is 6.21. The van der Waals surface area contributed by atoms with E-state index in [0.717, 1.165) is 48.0 Å². The number of rotatable bonds is 6. The fourth-order valence-electron chi connectivity index (χ4n) is 4.53. The Morgan fingerprint density at radius 1 is 1.03 bits per heavy atom. The fourth-order valence-corrected chi connectivity index (χ4v) is 4.66. The second-order valence-corrected chi connectivity index (χ2v) is 8.54. The van der Waals surface area contributed by atoms with Crippen LogP contribution in [-0.2, 0) is 4.79 Å². The van der Waals surface area contributed by atoms with Gasteiger partial charge in [0.1, 0.15) is 0 Å². The molecule has 1 aliphatic carbocycles. The van der Waals surface area contributed by atoms with E-state index in [2.05, 4.69) is 16.4 Å². The first-order chi connectivity index (χ1) is 15.1. The van der Waals surface area contributed by atoms with Gasteiger partial charge in [-0.2, -0.15) is 0 Å². The van der Waals surface area contributed by atoms with E-state index >= 15 is 0 Å². The summed E-state index contributed by atoms with van der Waals surface area (Å²) in [5, 5.41) is 4.75. The van der Waals surface area contributed by atoms with Crippen LogP contribution in [0.15, 0.2) is 48.7 Å². The molecular formula is C25H27ClN2O3. The van der Waals surface area contributed by atoms with E-state index in [-0.39, 0.29) is 5.91 Å². The Labute approximate surface area is 187 Å². The molecule has 1 aliphatic rings. The van der Waals surface area contributed by atoms with Crippen LogP contribution < -0.4 is 14.8 Å². The third-order valence-corrected chi connectivity index (χ3v) is 6.42. The fraction of sp³-hybridized carbons (Fsp3) is 0.360. The van der Waals surface area contributed by atoms with E-state index in [1.54, 1.807) is 26.4 Å². The zero-order valence-electron chi connectivity index (χ0n) is 17.9. The number of fused-ring (bicyclic) bond motifs is 1. The smallest absolute Gasteiger partial charge is 0.224 e. The Balaban J connectivity index is 1.41. The Hall–Kier alpha value is -2.79. The van der Waals surface area contributed by atoms with Crippen LogP contribution in [0, 0.1) is 5.92 Å². The van der Waals surface area contributed by atoms with Gasteiger partial charge in [0.25, 0.3) is 0 Å². The van der Waals surface area contributed by atoms with Gasteiger partial charge in [0.2, 0.25) is 5.91 Å². The van der Waals surface area contributed by atoms with Crippen molar-refractivity contribution in [2.24, 2.45) is 5.92 Å². The molecule has 1 aromatic heterocycles.